The van der Waals surface area contributed by atoms with Crippen molar-refractivity contribution in [3.63, 3.8) is 0 Å². The van der Waals surface area contributed by atoms with E-state index in [2.05, 4.69) is 15.2 Å². The number of nitrogens with one attached hydrogen (secondary N) is 1. The number of anilines is 1. The van der Waals surface area contributed by atoms with Gasteiger partial charge in [-0.25, -0.2) is 4.98 Å². The molecular weight excluding hydrogens is 436 g/mol. The number of amides is 3. The maximum Gasteiger partial charge on any atom is 0.264 e. The minimum absolute atomic E-state index is 0.103. The normalized spacial score (nSPS) is 22.4. The summed E-state index contributed by atoms with van der Waals surface area (Å²) in [4.78, 5) is 47.4. The van der Waals surface area contributed by atoms with E-state index in [1.54, 1.807) is 12.3 Å². The van der Waals surface area contributed by atoms with Gasteiger partial charge in [0, 0.05) is 30.7 Å². The third-order valence-electron chi connectivity index (χ3n) is 7.20. The number of piperidine rings is 1. The first kappa shape index (κ1) is 22.1. The highest BCUT2D eigenvalue weighted by atomic mass is 32.1. The van der Waals surface area contributed by atoms with Crippen LogP contribution in [0.5, 0.6) is 0 Å². The minimum Gasteiger partial charge on any atom is -0.370 e. The van der Waals surface area contributed by atoms with Crippen molar-refractivity contribution >= 4 is 34.7 Å². The van der Waals surface area contributed by atoms with Crippen molar-refractivity contribution in [2.24, 2.45) is 5.92 Å². The summed E-state index contributed by atoms with van der Waals surface area (Å²) in [5, 5.41) is 5.85. The lowest BCUT2D eigenvalue weighted by atomic mass is 9.92. The van der Waals surface area contributed by atoms with Gasteiger partial charge in [0.2, 0.25) is 5.91 Å². The Morgan fingerprint density at radius 1 is 1.12 bits per heavy atom. The number of aromatic nitrogens is 1. The van der Waals surface area contributed by atoms with Crippen molar-refractivity contribution < 1.29 is 14.4 Å². The number of fused-ring (bicyclic) bond motifs is 1. The molecule has 0 bridgehead atoms. The van der Waals surface area contributed by atoms with E-state index in [1.807, 2.05) is 24.4 Å². The Hall–Kier alpha value is -2.74. The van der Waals surface area contributed by atoms with Gasteiger partial charge < -0.3 is 10.2 Å². The molecule has 2 atom stereocenters. The molecule has 1 N–H and O–H groups in total. The van der Waals surface area contributed by atoms with Crippen molar-refractivity contribution in [2.45, 2.75) is 64.0 Å². The number of nitrogens with zero attached hydrogens (tertiary/aromatic N) is 3. The molecule has 1 aromatic carbocycles. The molecule has 33 heavy (non-hydrogen) atoms. The highest BCUT2D eigenvalue weighted by molar-refractivity contribution is 7.09. The van der Waals surface area contributed by atoms with Gasteiger partial charge in [0.15, 0.2) is 0 Å². The van der Waals surface area contributed by atoms with Crippen LogP contribution in [0.2, 0.25) is 0 Å². The Kier molecular flexibility index (Phi) is 6.19. The lowest BCUT2D eigenvalue weighted by Crippen LogP contribution is -2.46. The molecular formula is C25H30N4O3S. The molecule has 0 radical (unpaired) electrons. The number of rotatable bonds is 5. The average Bonchev–Trinajstić information content (AvgIpc) is 3.47. The van der Waals surface area contributed by atoms with E-state index in [1.165, 1.54) is 35.5 Å². The standard InChI is InChI=1S/C25H30N4O3S/c1-16(23-26-12-14-33-23)29-24(31)19-10-5-11-20(21(19)25(29)32)28-13-6-7-17(15-28)22(30)27-18-8-3-2-4-9-18/h5,10-12,14,16-18H,2-4,6-9,13,15H2,1H3,(H,27,30)/t16-,17+/m1/s1. The molecule has 1 saturated carbocycles. The van der Waals surface area contributed by atoms with E-state index in [0.29, 0.717) is 23.7 Å². The predicted molar refractivity (Wildman–Crippen MR) is 127 cm³/mol. The Bertz CT molecular complexity index is 1050. The Morgan fingerprint density at radius 2 is 1.94 bits per heavy atom. The number of carbonyl (C=O) groups excluding carboxylic acids is 3. The van der Waals surface area contributed by atoms with E-state index in [0.717, 1.165) is 42.9 Å². The molecule has 7 nitrogen and oxygen atoms in total. The molecule has 0 spiro atoms. The second-order valence-corrected chi connectivity index (χ2v) is 10.3. The van der Waals surface area contributed by atoms with Gasteiger partial charge in [-0.3, -0.25) is 19.3 Å². The molecule has 1 saturated heterocycles. The van der Waals surface area contributed by atoms with Gasteiger partial charge in [-0.1, -0.05) is 25.3 Å². The lowest BCUT2D eigenvalue weighted by Gasteiger charge is -2.35. The van der Waals surface area contributed by atoms with Crippen LogP contribution in [0.4, 0.5) is 5.69 Å². The van der Waals surface area contributed by atoms with Gasteiger partial charge in [0.05, 0.1) is 28.8 Å². The summed E-state index contributed by atoms with van der Waals surface area (Å²) in [5.74, 6) is -0.528. The number of carbonyl (C=O) groups is 3. The second-order valence-electron chi connectivity index (χ2n) is 9.36. The zero-order chi connectivity index (χ0) is 22.9. The molecule has 8 heteroatoms. The summed E-state index contributed by atoms with van der Waals surface area (Å²) in [6, 6.07) is 5.35. The van der Waals surface area contributed by atoms with Crippen LogP contribution in [0.25, 0.3) is 0 Å². The first-order valence-corrected chi connectivity index (χ1v) is 12.9. The number of hydrogen-bond acceptors (Lipinski definition) is 6. The monoisotopic (exact) mass is 466 g/mol. The van der Waals surface area contributed by atoms with Crippen LogP contribution in [0, 0.1) is 5.92 Å². The van der Waals surface area contributed by atoms with Crippen LogP contribution in [0.3, 0.4) is 0 Å². The Labute approximate surface area is 198 Å². The molecule has 5 rings (SSSR count). The molecule has 2 aliphatic heterocycles. The van der Waals surface area contributed by atoms with Crippen molar-refractivity contribution in [1.82, 2.24) is 15.2 Å². The fraction of sp³-hybridized carbons (Fsp3) is 0.520. The van der Waals surface area contributed by atoms with Crippen molar-refractivity contribution in [3.8, 4) is 0 Å². The third-order valence-corrected chi connectivity index (χ3v) is 8.15. The van der Waals surface area contributed by atoms with E-state index >= 15 is 0 Å². The summed E-state index contributed by atoms with van der Waals surface area (Å²) in [5.41, 5.74) is 1.66. The second kappa shape index (κ2) is 9.25. The molecule has 3 aliphatic rings. The average molecular weight is 467 g/mol. The van der Waals surface area contributed by atoms with Crippen LogP contribution >= 0.6 is 11.3 Å². The van der Waals surface area contributed by atoms with Gasteiger partial charge >= 0.3 is 0 Å². The Morgan fingerprint density at radius 3 is 2.70 bits per heavy atom. The van der Waals surface area contributed by atoms with Gasteiger partial charge in [0.1, 0.15) is 5.01 Å². The maximum absolute atomic E-state index is 13.5. The molecule has 1 aromatic heterocycles. The van der Waals surface area contributed by atoms with Crippen molar-refractivity contribution in [2.75, 3.05) is 18.0 Å². The van der Waals surface area contributed by atoms with Crippen molar-refractivity contribution in [3.05, 3.63) is 45.9 Å². The molecule has 2 fully saturated rings. The SMILES string of the molecule is C[C@H](c1nccs1)N1C(=O)c2cccc(N3CCC[C@H](C(=O)NC4CCCCC4)C3)c2C1=O. The smallest absolute Gasteiger partial charge is 0.264 e. The number of thiazole rings is 1. The molecule has 0 unspecified atom stereocenters. The number of imide groups is 1. The fourth-order valence-electron chi connectivity index (χ4n) is 5.43. The molecule has 174 valence electrons. The number of benzene rings is 1. The van der Waals surface area contributed by atoms with Crippen LogP contribution in [0.15, 0.2) is 29.8 Å². The Balaban J connectivity index is 1.35. The minimum atomic E-state index is -0.416. The van der Waals surface area contributed by atoms with Gasteiger partial charge in [-0.05, 0) is 44.7 Å². The molecule has 2 aromatic rings. The van der Waals surface area contributed by atoms with Crippen LogP contribution in [0.1, 0.15) is 83.6 Å². The molecule has 1 aliphatic carbocycles. The van der Waals surface area contributed by atoms with Crippen LogP contribution in [-0.4, -0.2) is 46.7 Å². The largest absolute Gasteiger partial charge is 0.370 e. The van der Waals surface area contributed by atoms with E-state index < -0.39 is 6.04 Å². The van der Waals surface area contributed by atoms with E-state index in [4.69, 9.17) is 0 Å². The van der Waals surface area contributed by atoms with Crippen LogP contribution in [-0.2, 0) is 4.79 Å². The highest BCUT2D eigenvalue weighted by Crippen LogP contribution is 2.38. The summed E-state index contributed by atoms with van der Waals surface area (Å²) < 4.78 is 0. The third kappa shape index (κ3) is 4.16. The molecule has 3 heterocycles. The lowest BCUT2D eigenvalue weighted by molar-refractivity contribution is -0.126. The van der Waals surface area contributed by atoms with Crippen LogP contribution < -0.4 is 10.2 Å². The first-order valence-electron chi connectivity index (χ1n) is 12.0. The molecule has 3 amide bonds. The summed E-state index contributed by atoms with van der Waals surface area (Å²) in [6.45, 7) is 3.18. The zero-order valence-corrected chi connectivity index (χ0v) is 19.8. The van der Waals surface area contributed by atoms with E-state index in [-0.39, 0.29) is 23.6 Å². The summed E-state index contributed by atoms with van der Waals surface area (Å²) in [7, 11) is 0. The summed E-state index contributed by atoms with van der Waals surface area (Å²) in [6.07, 6.45) is 9.18. The first-order chi connectivity index (χ1) is 16.0. The fourth-order valence-corrected chi connectivity index (χ4v) is 6.11. The predicted octanol–water partition coefficient (Wildman–Crippen LogP) is 4.17. The highest BCUT2D eigenvalue weighted by Gasteiger charge is 2.42. The van der Waals surface area contributed by atoms with E-state index in [9.17, 15) is 14.4 Å². The van der Waals surface area contributed by atoms with Gasteiger partial charge in [-0.15, -0.1) is 11.3 Å². The van der Waals surface area contributed by atoms with Crippen molar-refractivity contribution in [1.29, 1.82) is 0 Å². The zero-order valence-electron chi connectivity index (χ0n) is 19.0. The maximum atomic E-state index is 13.5. The number of hydrogen-bond donors (Lipinski definition) is 1. The summed E-state index contributed by atoms with van der Waals surface area (Å²) >= 11 is 1.44. The quantitative estimate of drug-likeness (QED) is 0.669. The topological polar surface area (TPSA) is 82.6 Å². The van der Waals surface area contributed by atoms with Gasteiger partial charge in [-0.2, -0.15) is 0 Å². The van der Waals surface area contributed by atoms with Gasteiger partial charge in [0.25, 0.3) is 11.8 Å².